The molecule has 1 fully saturated rings. The molecule has 0 atom stereocenters. The zero-order chi connectivity index (χ0) is 26.0. The summed E-state index contributed by atoms with van der Waals surface area (Å²) in [5, 5.41) is 13.2. The summed E-state index contributed by atoms with van der Waals surface area (Å²) in [6.45, 7) is 3.05. The van der Waals surface area contributed by atoms with Gasteiger partial charge < -0.3 is 5.32 Å². The van der Waals surface area contributed by atoms with Gasteiger partial charge in [0.25, 0.3) is 0 Å². The molecule has 4 aromatic rings. The van der Waals surface area contributed by atoms with E-state index in [4.69, 9.17) is 0 Å². The Labute approximate surface area is 229 Å². The van der Waals surface area contributed by atoms with Crippen molar-refractivity contribution in [3.8, 4) is 17.1 Å². The van der Waals surface area contributed by atoms with E-state index in [1.165, 1.54) is 5.56 Å². The van der Waals surface area contributed by atoms with Gasteiger partial charge in [-0.2, -0.15) is 0 Å². The zero-order valence-electron chi connectivity index (χ0n) is 21.7. The Hall–Kier alpha value is -3.42. The van der Waals surface area contributed by atoms with Crippen LogP contribution in [0.4, 0.5) is 0 Å². The van der Waals surface area contributed by atoms with Crippen molar-refractivity contribution < 1.29 is 4.79 Å². The van der Waals surface area contributed by atoms with Crippen molar-refractivity contribution >= 4 is 17.7 Å². The Morgan fingerprint density at radius 3 is 2.21 bits per heavy atom. The minimum absolute atomic E-state index is 0.176. The largest absolute Gasteiger partial charge is 0.353 e. The van der Waals surface area contributed by atoms with Gasteiger partial charge in [-0.1, -0.05) is 90.6 Å². The summed E-state index contributed by atoms with van der Waals surface area (Å²) in [7, 11) is 0. The van der Waals surface area contributed by atoms with E-state index in [1.807, 2.05) is 36.4 Å². The van der Waals surface area contributed by atoms with Gasteiger partial charge in [0, 0.05) is 49.1 Å². The second kappa shape index (κ2) is 13.4. The van der Waals surface area contributed by atoms with Gasteiger partial charge in [0.2, 0.25) is 5.91 Å². The quantitative estimate of drug-likeness (QED) is 0.193. The van der Waals surface area contributed by atoms with Crippen LogP contribution in [-0.4, -0.2) is 50.5 Å². The van der Waals surface area contributed by atoms with Crippen molar-refractivity contribution in [2.75, 3.05) is 18.8 Å². The van der Waals surface area contributed by atoms with Crippen LogP contribution >= 0.6 is 11.8 Å². The minimum atomic E-state index is 0.176. The van der Waals surface area contributed by atoms with Crippen LogP contribution in [0.2, 0.25) is 0 Å². The fourth-order valence-electron chi connectivity index (χ4n) is 4.88. The smallest absolute Gasteiger partial charge is 0.220 e. The molecule has 1 saturated heterocycles. The molecule has 7 heteroatoms. The van der Waals surface area contributed by atoms with E-state index in [-0.39, 0.29) is 5.91 Å². The normalized spacial score (nSPS) is 14.4. The van der Waals surface area contributed by atoms with Crippen molar-refractivity contribution in [1.82, 2.24) is 25.0 Å². The Balaban J connectivity index is 1.05. The summed E-state index contributed by atoms with van der Waals surface area (Å²) in [5.74, 6) is 1.91. The number of nitrogens with one attached hydrogen (secondary N) is 1. The molecule has 196 valence electrons. The molecular formula is C31H35N5OS. The molecular weight excluding hydrogens is 490 g/mol. The fourth-order valence-corrected chi connectivity index (χ4v) is 5.83. The molecule has 6 nitrogen and oxygen atoms in total. The van der Waals surface area contributed by atoms with E-state index in [2.05, 4.69) is 79.6 Å². The lowest BCUT2D eigenvalue weighted by Gasteiger charge is -2.32. The van der Waals surface area contributed by atoms with Crippen LogP contribution in [0.15, 0.2) is 96.2 Å². The number of benzene rings is 3. The number of rotatable bonds is 11. The number of piperidine rings is 1. The number of hydrogen-bond acceptors (Lipinski definition) is 5. The fraction of sp³-hybridized carbons (Fsp3) is 0.323. The van der Waals surface area contributed by atoms with Gasteiger partial charge in [0.05, 0.1) is 0 Å². The average Bonchev–Trinajstić information content (AvgIpc) is 3.39. The topological polar surface area (TPSA) is 63.1 Å². The molecule has 0 bridgehead atoms. The van der Waals surface area contributed by atoms with Crippen LogP contribution < -0.4 is 5.32 Å². The molecule has 38 heavy (non-hydrogen) atoms. The third-order valence-corrected chi connectivity index (χ3v) is 7.93. The van der Waals surface area contributed by atoms with Crippen LogP contribution in [0, 0.1) is 0 Å². The maximum absolute atomic E-state index is 12.6. The van der Waals surface area contributed by atoms with E-state index in [1.54, 1.807) is 11.8 Å². The van der Waals surface area contributed by atoms with Gasteiger partial charge in [-0.15, -0.1) is 10.2 Å². The number of carbonyl (C=O) groups is 1. The van der Waals surface area contributed by atoms with E-state index in [9.17, 15) is 4.79 Å². The minimum Gasteiger partial charge on any atom is -0.353 e. The lowest BCUT2D eigenvalue weighted by atomic mass is 10.0. The standard InChI is InChI=1S/C31H35N5OS/c37-29(32-27-19-21-35(22-20-27)24-25-12-4-1-5-13-25)18-10-11-23-38-31-34-33-30(26-14-6-2-7-15-26)36(31)28-16-8-3-9-17-28/h1-9,12-17,27H,10-11,18-24H2,(H,32,37). The Morgan fingerprint density at radius 2 is 1.50 bits per heavy atom. The molecule has 5 rings (SSSR count). The number of nitrogens with zero attached hydrogens (tertiary/aromatic N) is 4. The lowest BCUT2D eigenvalue weighted by Crippen LogP contribution is -2.44. The molecule has 1 aromatic heterocycles. The first-order chi connectivity index (χ1) is 18.8. The highest BCUT2D eigenvalue weighted by molar-refractivity contribution is 7.99. The van der Waals surface area contributed by atoms with E-state index < -0.39 is 0 Å². The molecule has 0 saturated carbocycles. The molecule has 3 aromatic carbocycles. The summed E-state index contributed by atoms with van der Waals surface area (Å²) >= 11 is 1.70. The maximum atomic E-state index is 12.6. The molecule has 0 spiro atoms. The number of para-hydroxylation sites is 1. The van der Waals surface area contributed by atoms with E-state index >= 15 is 0 Å². The molecule has 1 aliphatic rings. The van der Waals surface area contributed by atoms with Gasteiger partial charge in [-0.3, -0.25) is 14.3 Å². The van der Waals surface area contributed by atoms with Gasteiger partial charge in [0.15, 0.2) is 11.0 Å². The van der Waals surface area contributed by atoms with Crippen LogP contribution in [0.1, 0.15) is 37.7 Å². The summed E-state index contributed by atoms with van der Waals surface area (Å²) in [6, 6.07) is 31.3. The van der Waals surface area contributed by atoms with Gasteiger partial charge in [0.1, 0.15) is 0 Å². The van der Waals surface area contributed by atoms with Gasteiger partial charge in [-0.25, -0.2) is 0 Å². The van der Waals surface area contributed by atoms with Crippen molar-refractivity contribution in [3.63, 3.8) is 0 Å². The average molecular weight is 526 g/mol. The molecule has 1 amide bonds. The molecule has 0 unspecified atom stereocenters. The van der Waals surface area contributed by atoms with Crippen molar-refractivity contribution in [2.24, 2.45) is 0 Å². The van der Waals surface area contributed by atoms with Gasteiger partial charge in [-0.05, 0) is 43.4 Å². The summed E-state index contributed by atoms with van der Waals surface area (Å²) in [6.07, 6.45) is 4.44. The summed E-state index contributed by atoms with van der Waals surface area (Å²) in [5.41, 5.74) is 3.44. The summed E-state index contributed by atoms with van der Waals surface area (Å²) in [4.78, 5) is 15.0. The van der Waals surface area contributed by atoms with E-state index in [0.717, 1.165) is 73.3 Å². The predicted molar refractivity (Wildman–Crippen MR) is 154 cm³/mol. The van der Waals surface area contributed by atoms with Crippen LogP contribution in [0.5, 0.6) is 0 Å². The van der Waals surface area contributed by atoms with Crippen molar-refractivity contribution in [3.05, 3.63) is 96.6 Å². The van der Waals surface area contributed by atoms with Crippen molar-refractivity contribution in [1.29, 1.82) is 0 Å². The maximum Gasteiger partial charge on any atom is 0.220 e. The molecule has 2 heterocycles. The number of hydrogen-bond donors (Lipinski definition) is 1. The second-order valence-corrected chi connectivity index (χ2v) is 10.8. The molecule has 1 N–H and O–H groups in total. The Kier molecular flexibility index (Phi) is 9.24. The first-order valence-electron chi connectivity index (χ1n) is 13.5. The highest BCUT2D eigenvalue weighted by atomic mass is 32.2. The highest BCUT2D eigenvalue weighted by Crippen LogP contribution is 2.28. The molecule has 0 radical (unpaired) electrons. The molecule has 1 aliphatic heterocycles. The monoisotopic (exact) mass is 525 g/mol. The number of carbonyl (C=O) groups excluding carboxylic acids is 1. The first kappa shape index (κ1) is 26.2. The van der Waals surface area contributed by atoms with Gasteiger partial charge >= 0.3 is 0 Å². The Bertz CT molecular complexity index is 1270. The number of unbranched alkanes of at least 4 members (excludes halogenated alkanes) is 1. The summed E-state index contributed by atoms with van der Waals surface area (Å²) < 4.78 is 2.12. The first-order valence-corrected chi connectivity index (χ1v) is 14.5. The predicted octanol–water partition coefficient (Wildman–Crippen LogP) is 5.98. The Morgan fingerprint density at radius 1 is 0.842 bits per heavy atom. The molecule has 0 aliphatic carbocycles. The number of thioether (sulfide) groups is 1. The number of amides is 1. The van der Waals surface area contributed by atoms with Crippen LogP contribution in [0.25, 0.3) is 17.1 Å². The van der Waals surface area contributed by atoms with Crippen LogP contribution in [-0.2, 0) is 11.3 Å². The highest BCUT2D eigenvalue weighted by Gasteiger charge is 2.21. The van der Waals surface area contributed by atoms with Crippen molar-refractivity contribution in [2.45, 2.75) is 49.8 Å². The SMILES string of the molecule is O=C(CCCCSc1nnc(-c2ccccc2)n1-c1ccccc1)NC1CCN(Cc2ccccc2)CC1. The second-order valence-electron chi connectivity index (χ2n) is 9.75. The van der Waals surface area contributed by atoms with Crippen LogP contribution in [0.3, 0.4) is 0 Å². The number of likely N-dealkylation sites (tertiary alicyclic amines) is 1. The zero-order valence-corrected chi connectivity index (χ0v) is 22.5. The number of aromatic nitrogens is 3. The van der Waals surface area contributed by atoms with E-state index in [0.29, 0.717) is 12.5 Å². The third-order valence-electron chi connectivity index (χ3n) is 6.91. The third kappa shape index (κ3) is 7.11. The lowest BCUT2D eigenvalue weighted by molar-refractivity contribution is -0.122.